The summed E-state index contributed by atoms with van der Waals surface area (Å²) in [6.07, 6.45) is -4.59. The van der Waals surface area contributed by atoms with Crippen molar-refractivity contribution in [3.8, 4) is 11.5 Å². The molecule has 0 saturated heterocycles. The third-order valence-electron chi connectivity index (χ3n) is 5.35. The monoisotopic (exact) mass is 581 g/mol. The number of rotatable bonds is 5. The molecule has 0 saturated carbocycles. The Kier molecular flexibility index (Phi) is 8.58. The van der Waals surface area contributed by atoms with Crippen molar-refractivity contribution >= 4 is 27.4 Å². The van der Waals surface area contributed by atoms with Gasteiger partial charge in [-0.1, -0.05) is 6.07 Å². The Hall–Kier alpha value is -4.00. The van der Waals surface area contributed by atoms with Crippen LogP contribution in [0.3, 0.4) is 0 Å². The second-order valence-electron chi connectivity index (χ2n) is 9.78. The average Bonchev–Trinajstić information content (AvgIpc) is 2.78. The number of aromatic nitrogens is 1. The topological polar surface area (TPSA) is 107 Å². The number of alkyl halides is 3. The molecule has 0 aliphatic carbocycles. The van der Waals surface area contributed by atoms with Gasteiger partial charge in [0.05, 0.1) is 26.5 Å². The largest absolute Gasteiger partial charge is 0.455 e. The van der Waals surface area contributed by atoms with Gasteiger partial charge in [0.25, 0.3) is 5.91 Å². The van der Waals surface area contributed by atoms with Gasteiger partial charge in [-0.3, -0.25) is 4.79 Å². The maximum absolute atomic E-state index is 13.7. The van der Waals surface area contributed by atoms with Crippen molar-refractivity contribution in [2.75, 3.05) is 11.6 Å². The lowest BCUT2D eigenvalue weighted by molar-refractivity contribution is -0.138. The molecule has 1 heterocycles. The van der Waals surface area contributed by atoms with E-state index in [2.05, 4.69) is 14.7 Å². The summed E-state index contributed by atoms with van der Waals surface area (Å²) in [5.41, 5.74) is -2.58. The van der Waals surface area contributed by atoms with Gasteiger partial charge in [-0.15, -0.1) is 4.36 Å². The van der Waals surface area contributed by atoms with Crippen molar-refractivity contribution < 1.29 is 40.8 Å². The van der Waals surface area contributed by atoms with Crippen molar-refractivity contribution in [1.82, 2.24) is 4.98 Å². The fraction of sp³-hybridized carbons (Fsp3) is 0.296. The second kappa shape index (κ2) is 11.2. The van der Waals surface area contributed by atoms with Gasteiger partial charge in [0.2, 0.25) is 5.95 Å². The quantitative estimate of drug-likeness (QED) is 0.250. The van der Waals surface area contributed by atoms with E-state index in [9.17, 15) is 31.4 Å². The van der Waals surface area contributed by atoms with Gasteiger partial charge in [0.1, 0.15) is 17.1 Å². The molecule has 2 aromatic carbocycles. The number of nitrogens with zero attached hydrogens (tertiary/aromatic N) is 2. The zero-order valence-electron chi connectivity index (χ0n) is 22.5. The maximum Gasteiger partial charge on any atom is 0.442 e. The van der Waals surface area contributed by atoms with E-state index < -0.39 is 56.1 Å². The first-order chi connectivity index (χ1) is 18.4. The lowest BCUT2D eigenvalue weighted by Gasteiger charge is -2.19. The summed E-state index contributed by atoms with van der Waals surface area (Å²) < 4.78 is 82.0. The molecule has 1 aromatic heterocycles. The van der Waals surface area contributed by atoms with Gasteiger partial charge in [0.15, 0.2) is 0 Å². The minimum Gasteiger partial charge on any atom is -0.455 e. The first-order valence-electron chi connectivity index (χ1n) is 11.8. The van der Waals surface area contributed by atoms with Crippen molar-refractivity contribution in [2.45, 2.75) is 51.3 Å². The van der Waals surface area contributed by atoms with E-state index in [1.165, 1.54) is 43.5 Å². The average molecular weight is 582 g/mol. The predicted molar refractivity (Wildman–Crippen MR) is 141 cm³/mol. The van der Waals surface area contributed by atoms with Gasteiger partial charge in [-0.05, 0) is 82.6 Å². The van der Waals surface area contributed by atoms with E-state index in [1.807, 2.05) is 0 Å². The van der Waals surface area contributed by atoms with E-state index >= 15 is 0 Å². The van der Waals surface area contributed by atoms with Crippen LogP contribution in [0.2, 0.25) is 0 Å². The van der Waals surface area contributed by atoms with Gasteiger partial charge in [-0.25, -0.2) is 14.0 Å². The zero-order chi connectivity index (χ0) is 30.0. The fourth-order valence-corrected chi connectivity index (χ4v) is 4.69. The Bertz CT molecular complexity index is 1590. The Labute approximate surface area is 228 Å². The molecule has 3 rings (SSSR count). The van der Waals surface area contributed by atoms with Crippen LogP contribution in [0.5, 0.6) is 11.5 Å². The molecule has 3 aromatic rings. The molecular formula is C27H27F4N3O5S. The number of nitrogens with one attached hydrogen (secondary N) is 1. The summed E-state index contributed by atoms with van der Waals surface area (Å²) >= 11 is 0. The highest BCUT2D eigenvalue weighted by atomic mass is 32.2. The molecule has 214 valence electrons. The molecule has 1 N–H and O–H groups in total. The van der Waals surface area contributed by atoms with E-state index in [1.54, 1.807) is 20.8 Å². The van der Waals surface area contributed by atoms with Crippen LogP contribution in [0.25, 0.3) is 0 Å². The highest BCUT2D eigenvalue weighted by Gasteiger charge is 2.35. The Morgan fingerprint density at radius 2 is 1.65 bits per heavy atom. The number of amides is 2. The number of benzene rings is 2. The number of hydrogen-bond donors (Lipinski definition) is 1. The fourth-order valence-electron chi connectivity index (χ4n) is 3.58. The van der Waals surface area contributed by atoms with Crippen LogP contribution in [-0.2, 0) is 20.6 Å². The zero-order valence-corrected chi connectivity index (χ0v) is 23.3. The molecule has 8 nitrogen and oxygen atoms in total. The van der Waals surface area contributed by atoms with Crippen LogP contribution < -0.4 is 10.1 Å². The Morgan fingerprint density at radius 1 is 1.00 bits per heavy atom. The highest BCUT2D eigenvalue weighted by molar-refractivity contribution is 7.93. The van der Waals surface area contributed by atoms with E-state index in [-0.39, 0.29) is 27.8 Å². The van der Waals surface area contributed by atoms with Crippen LogP contribution in [0, 0.1) is 19.8 Å². The number of anilines is 1. The normalized spacial score (nSPS) is 13.2. The van der Waals surface area contributed by atoms with E-state index in [0.29, 0.717) is 0 Å². The first kappa shape index (κ1) is 30.5. The second-order valence-corrected chi connectivity index (χ2v) is 12.0. The summed E-state index contributed by atoms with van der Waals surface area (Å²) in [5.74, 6) is -1.94. The van der Waals surface area contributed by atoms with E-state index in [0.717, 1.165) is 25.1 Å². The molecular weight excluding hydrogens is 554 g/mol. The molecule has 0 radical (unpaired) electrons. The summed E-state index contributed by atoms with van der Waals surface area (Å²) in [5, 5.41) is 2.49. The van der Waals surface area contributed by atoms with Crippen molar-refractivity contribution in [3.63, 3.8) is 0 Å². The molecule has 1 atom stereocenters. The summed E-state index contributed by atoms with van der Waals surface area (Å²) in [6, 6.07) is 9.56. The van der Waals surface area contributed by atoms with Crippen LogP contribution in [0.4, 0.5) is 28.0 Å². The SMILES string of the molecule is Cc1nc(F)ccc1Oc1ccc(C(F)(F)F)c(C)c1C(=O)Nc1cccc([S@@](C)(=O)=NC(=O)OC(C)(C)C)c1. The molecule has 2 amide bonds. The summed E-state index contributed by atoms with van der Waals surface area (Å²) in [4.78, 5) is 29.2. The smallest absolute Gasteiger partial charge is 0.442 e. The summed E-state index contributed by atoms with van der Waals surface area (Å²) in [6.45, 7) is 7.42. The van der Waals surface area contributed by atoms with Crippen LogP contribution in [0.1, 0.15) is 48.0 Å². The minimum atomic E-state index is -4.76. The molecule has 0 aliphatic rings. The van der Waals surface area contributed by atoms with Gasteiger partial charge in [0, 0.05) is 16.8 Å². The number of pyridine rings is 1. The summed E-state index contributed by atoms with van der Waals surface area (Å²) in [7, 11) is -3.31. The number of ether oxygens (including phenoxy) is 2. The van der Waals surface area contributed by atoms with E-state index in [4.69, 9.17) is 9.47 Å². The highest BCUT2D eigenvalue weighted by Crippen LogP contribution is 2.38. The molecule has 13 heteroatoms. The number of hydrogen-bond acceptors (Lipinski definition) is 6. The molecule has 0 spiro atoms. The molecule has 0 aliphatic heterocycles. The number of halogens is 4. The van der Waals surface area contributed by atoms with Crippen molar-refractivity contribution in [1.29, 1.82) is 0 Å². The lowest BCUT2D eigenvalue weighted by atomic mass is 10.00. The van der Waals surface area contributed by atoms with Crippen LogP contribution in [0.15, 0.2) is 57.8 Å². The third kappa shape index (κ3) is 7.56. The first-order valence-corrected chi connectivity index (χ1v) is 13.7. The Morgan fingerprint density at radius 3 is 2.25 bits per heavy atom. The van der Waals surface area contributed by atoms with Gasteiger partial charge < -0.3 is 14.8 Å². The standard InChI is InChI=1S/C27H27F4N3O5S/c1-15-19(27(29,30)31)10-11-21(38-20-12-13-22(28)32-16(20)2)23(15)24(35)33-17-8-7-9-18(14-17)40(6,37)34-25(36)39-26(3,4)5/h7-14H,1-6H3,(H,33,35)/t40-/m1/s1. The van der Waals surface area contributed by atoms with Gasteiger partial charge in [-0.2, -0.15) is 17.6 Å². The molecule has 0 bridgehead atoms. The molecule has 0 fully saturated rings. The Balaban J connectivity index is 2.02. The molecule has 40 heavy (non-hydrogen) atoms. The number of carbonyl (C=O) groups is 2. The molecule has 0 unspecified atom stereocenters. The van der Waals surface area contributed by atoms with Crippen molar-refractivity contribution in [2.24, 2.45) is 4.36 Å². The minimum absolute atomic E-state index is 0.0334. The predicted octanol–water partition coefficient (Wildman–Crippen LogP) is 7.29. The van der Waals surface area contributed by atoms with Crippen LogP contribution >= 0.6 is 0 Å². The van der Waals surface area contributed by atoms with Crippen LogP contribution in [-0.4, -0.2) is 33.1 Å². The number of aryl methyl sites for hydroxylation is 1. The van der Waals surface area contributed by atoms with Crippen molar-refractivity contribution in [3.05, 3.63) is 76.9 Å². The number of carbonyl (C=O) groups excluding carboxylic acids is 2. The maximum atomic E-state index is 13.7. The third-order valence-corrected chi connectivity index (χ3v) is 6.98. The lowest BCUT2D eigenvalue weighted by Crippen LogP contribution is -2.22. The van der Waals surface area contributed by atoms with Gasteiger partial charge >= 0.3 is 12.3 Å².